The molecule has 0 spiro atoms. The van der Waals surface area contributed by atoms with Crippen LogP contribution in [0.15, 0.2) is 57.7 Å². The lowest BCUT2D eigenvalue weighted by molar-refractivity contribution is -0.119. The molecule has 2 aromatic carbocycles. The zero-order valence-corrected chi connectivity index (χ0v) is 17.0. The fourth-order valence-corrected chi connectivity index (χ4v) is 3.82. The molecule has 1 unspecified atom stereocenters. The summed E-state index contributed by atoms with van der Waals surface area (Å²) in [5.41, 5.74) is 6.33. The van der Waals surface area contributed by atoms with Crippen molar-refractivity contribution in [1.82, 2.24) is 4.90 Å². The number of para-hydroxylation sites is 1. The number of benzene rings is 2. The molecule has 4 rings (SSSR count). The third kappa shape index (κ3) is 3.89. The van der Waals surface area contributed by atoms with Crippen molar-refractivity contribution in [3.8, 4) is 5.75 Å². The van der Waals surface area contributed by atoms with Gasteiger partial charge in [-0.1, -0.05) is 24.3 Å². The van der Waals surface area contributed by atoms with E-state index >= 15 is 0 Å². The summed E-state index contributed by atoms with van der Waals surface area (Å²) in [4.78, 5) is 39.1. The standard InChI is InChI=1S/C23H22N2O6/c1-29-12-4-11-25-20(14-7-9-15(10-8-14)30-13-18(24)26)19-21(27)16-5-2-3-6-17(16)31-22(19)23(25)28/h2-3,5-10,20H,4,11-13H2,1H3,(H2,24,26). The molecule has 2 heterocycles. The van der Waals surface area contributed by atoms with Crippen LogP contribution < -0.4 is 15.9 Å². The van der Waals surface area contributed by atoms with Crippen LogP contribution in [-0.4, -0.2) is 43.6 Å². The van der Waals surface area contributed by atoms with Gasteiger partial charge in [-0.25, -0.2) is 0 Å². The van der Waals surface area contributed by atoms with Crippen LogP contribution in [0.1, 0.15) is 34.1 Å². The second-order valence-electron chi connectivity index (χ2n) is 7.24. The number of nitrogens with zero attached hydrogens (tertiary/aromatic N) is 1. The highest BCUT2D eigenvalue weighted by atomic mass is 16.5. The minimum Gasteiger partial charge on any atom is -0.484 e. The maximum Gasteiger partial charge on any atom is 0.290 e. The Hall–Kier alpha value is -3.65. The van der Waals surface area contributed by atoms with E-state index in [0.717, 1.165) is 5.56 Å². The van der Waals surface area contributed by atoms with E-state index in [0.29, 0.717) is 41.9 Å². The summed E-state index contributed by atoms with van der Waals surface area (Å²) < 4.78 is 16.3. The number of rotatable bonds is 8. The molecule has 0 bridgehead atoms. The van der Waals surface area contributed by atoms with Crippen molar-refractivity contribution in [2.24, 2.45) is 5.73 Å². The van der Waals surface area contributed by atoms with Crippen LogP contribution in [0.25, 0.3) is 11.0 Å². The minimum atomic E-state index is -0.592. The van der Waals surface area contributed by atoms with Gasteiger partial charge in [0.05, 0.1) is 17.0 Å². The first-order valence-corrected chi connectivity index (χ1v) is 9.88. The van der Waals surface area contributed by atoms with Gasteiger partial charge in [0, 0.05) is 20.3 Å². The van der Waals surface area contributed by atoms with E-state index < -0.39 is 11.9 Å². The summed E-state index contributed by atoms with van der Waals surface area (Å²) in [6, 6.07) is 13.2. The summed E-state index contributed by atoms with van der Waals surface area (Å²) in [7, 11) is 1.60. The lowest BCUT2D eigenvalue weighted by Crippen LogP contribution is -2.31. The van der Waals surface area contributed by atoms with Gasteiger partial charge in [0.25, 0.3) is 11.8 Å². The van der Waals surface area contributed by atoms with Crippen molar-refractivity contribution in [1.29, 1.82) is 0 Å². The van der Waals surface area contributed by atoms with Crippen molar-refractivity contribution in [2.45, 2.75) is 12.5 Å². The maximum absolute atomic E-state index is 13.3. The lowest BCUT2D eigenvalue weighted by atomic mass is 9.98. The molecule has 8 nitrogen and oxygen atoms in total. The molecular formula is C23H22N2O6. The highest BCUT2D eigenvalue weighted by Crippen LogP contribution is 2.38. The molecule has 8 heteroatoms. The molecule has 2 amide bonds. The Morgan fingerprint density at radius 1 is 1.13 bits per heavy atom. The quantitative estimate of drug-likeness (QED) is 0.557. The fraction of sp³-hybridized carbons (Fsp3) is 0.261. The Labute approximate surface area is 178 Å². The molecule has 1 atom stereocenters. The van der Waals surface area contributed by atoms with Crippen LogP contribution >= 0.6 is 0 Å². The average molecular weight is 422 g/mol. The second kappa shape index (κ2) is 8.61. The van der Waals surface area contributed by atoms with E-state index in [2.05, 4.69) is 0 Å². The van der Waals surface area contributed by atoms with Gasteiger partial charge in [-0.15, -0.1) is 0 Å². The predicted molar refractivity (Wildman–Crippen MR) is 113 cm³/mol. The monoisotopic (exact) mass is 422 g/mol. The summed E-state index contributed by atoms with van der Waals surface area (Å²) in [5, 5.41) is 0.430. The van der Waals surface area contributed by atoms with Gasteiger partial charge < -0.3 is 24.5 Å². The van der Waals surface area contributed by atoms with Crippen molar-refractivity contribution in [2.75, 3.05) is 26.9 Å². The third-order valence-electron chi connectivity index (χ3n) is 5.20. The molecule has 0 aliphatic carbocycles. The number of fused-ring (bicyclic) bond motifs is 2. The van der Waals surface area contributed by atoms with Crippen LogP contribution in [0.5, 0.6) is 5.75 Å². The molecular weight excluding hydrogens is 400 g/mol. The van der Waals surface area contributed by atoms with E-state index in [9.17, 15) is 14.4 Å². The van der Waals surface area contributed by atoms with Gasteiger partial charge in [0.1, 0.15) is 11.3 Å². The number of methoxy groups -OCH3 is 1. The smallest absolute Gasteiger partial charge is 0.290 e. The SMILES string of the molecule is COCCCN1C(=O)c2oc3ccccc3c(=O)c2C1c1ccc(OCC(N)=O)cc1. The van der Waals surface area contributed by atoms with E-state index in [1.165, 1.54) is 0 Å². The topological polar surface area (TPSA) is 112 Å². The number of primary amides is 1. The van der Waals surface area contributed by atoms with Gasteiger partial charge in [0.2, 0.25) is 5.76 Å². The molecule has 2 N–H and O–H groups in total. The van der Waals surface area contributed by atoms with Gasteiger partial charge in [-0.2, -0.15) is 0 Å². The second-order valence-corrected chi connectivity index (χ2v) is 7.24. The number of ether oxygens (including phenoxy) is 2. The highest BCUT2D eigenvalue weighted by Gasteiger charge is 2.42. The van der Waals surface area contributed by atoms with Crippen LogP contribution in [0, 0.1) is 0 Å². The van der Waals surface area contributed by atoms with Crippen LogP contribution in [-0.2, 0) is 9.53 Å². The average Bonchev–Trinajstić information content (AvgIpc) is 3.05. The van der Waals surface area contributed by atoms with Crippen molar-refractivity contribution < 1.29 is 23.5 Å². The molecule has 3 aromatic rings. The maximum atomic E-state index is 13.3. The first-order valence-electron chi connectivity index (χ1n) is 9.88. The largest absolute Gasteiger partial charge is 0.484 e. The van der Waals surface area contributed by atoms with Gasteiger partial charge in [0.15, 0.2) is 12.0 Å². The Balaban J connectivity index is 1.78. The van der Waals surface area contributed by atoms with Crippen LogP contribution in [0.2, 0.25) is 0 Å². The van der Waals surface area contributed by atoms with E-state index in [-0.39, 0.29) is 23.7 Å². The van der Waals surface area contributed by atoms with Gasteiger partial charge in [-0.3, -0.25) is 14.4 Å². The van der Waals surface area contributed by atoms with Gasteiger partial charge >= 0.3 is 0 Å². The summed E-state index contributed by atoms with van der Waals surface area (Å²) in [6.45, 7) is 0.649. The normalized spacial score (nSPS) is 15.3. The van der Waals surface area contributed by atoms with Gasteiger partial charge in [-0.05, 0) is 36.2 Å². The molecule has 160 valence electrons. The molecule has 0 saturated heterocycles. The van der Waals surface area contributed by atoms with E-state index in [1.807, 2.05) is 0 Å². The van der Waals surface area contributed by atoms with E-state index in [1.54, 1.807) is 60.5 Å². The summed E-state index contributed by atoms with van der Waals surface area (Å²) in [6.07, 6.45) is 0.611. The van der Waals surface area contributed by atoms with Crippen molar-refractivity contribution >= 4 is 22.8 Å². The first kappa shape index (κ1) is 20.6. The number of hydrogen-bond acceptors (Lipinski definition) is 6. The van der Waals surface area contributed by atoms with E-state index in [4.69, 9.17) is 19.6 Å². The molecule has 0 fully saturated rings. The molecule has 31 heavy (non-hydrogen) atoms. The molecule has 1 aromatic heterocycles. The number of hydrogen-bond donors (Lipinski definition) is 1. The Kier molecular flexibility index (Phi) is 5.73. The molecule has 0 saturated carbocycles. The van der Waals surface area contributed by atoms with Crippen LogP contribution in [0.3, 0.4) is 0 Å². The number of amides is 2. The zero-order valence-electron chi connectivity index (χ0n) is 17.0. The number of nitrogens with two attached hydrogens (primary N) is 1. The molecule has 1 aliphatic heterocycles. The predicted octanol–water partition coefficient (Wildman–Crippen LogP) is 2.24. The van der Waals surface area contributed by atoms with Crippen molar-refractivity contribution in [3.05, 3.63) is 75.6 Å². The van der Waals surface area contributed by atoms with Crippen molar-refractivity contribution in [3.63, 3.8) is 0 Å². The summed E-state index contributed by atoms with van der Waals surface area (Å²) in [5.74, 6) is -0.370. The third-order valence-corrected chi connectivity index (χ3v) is 5.20. The van der Waals surface area contributed by atoms with Crippen LogP contribution in [0.4, 0.5) is 0 Å². The number of carbonyl (C=O) groups excluding carboxylic acids is 2. The first-order chi connectivity index (χ1) is 15.0. The Bertz CT molecular complexity index is 1180. The fourth-order valence-electron chi connectivity index (χ4n) is 3.82. The Morgan fingerprint density at radius 3 is 2.58 bits per heavy atom. The molecule has 1 aliphatic rings. The molecule has 0 radical (unpaired) electrons. The Morgan fingerprint density at radius 2 is 1.87 bits per heavy atom. The number of carbonyl (C=O) groups is 2. The zero-order chi connectivity index (χ0) is 22.0. The lowest BCUT2D eigenvalue weighted by Gasteiger charge is -2.25. The summed E-state index contributed by atoms with van der Waals surface area (Å²) >= 11 is 0. The highest BCUT2D eigenvalue weighted by molar-refractivity contribution is 5.99. The minimum absolute atomic E-state index is 0.0696.